The van der Waals surface area contributed by atoms with Crippen molar-refractivity contribution in [2.45, 2.75) is 26.8 Å². The Morgan fingerprint density at radius 3 is 2.50 bits per heavy atom. The van der Waals surface area contributed by atoms with Gasteiger partial charge in [-0.3, -0.25) is 0 Å². The fourth-order valence-electron chi connectivity index (χ4n) is 1.65. The van der Waals surface area contributed by atoms with Crippen molar-refractivity contribution in [2.75, 3.05) is 6.54 Å². The van der Waals surface area contributed by atoms with Crippen LogP contribution in [0.4, 0.5) is 8.78 Å². The molecule has 1 nitrogen and oxygen atoms in total. The van der Waals surface area contributed by atoms with E-state index in [1.165, 1.54) is 6.07 Å². The molecule has 0 spiro atoms. The molecule has 0 heterocycles. The second-order valence-corrected chi connectivity index (χ2v) is 3.96. The lowest BCUT2D eigenvalue weighted by molar-refractivity contribution is 0.534. The molecule has 1 N–H and O–H groups in total. The van der Waals surface area contributed by atoms with Gasteiger partial charge in [0.2, 0.25) is 0 Å². The van der Waals surface area contributed by atoms with Gasteiger partial charge in [-0.05, 0) is 32.0 Å². The molecular weight excluding hydrogens is 208 g/mol. The highest BCUT2D eigenvalue weighted by Crippen LogP contribution is 2.25. The van der Waals surface area contributed by atoms with Gasteiger partial charge in [-0.1, -0.05) is 19.1 Å². The van der Waals surface area contributed by atoms with Crippen LogP contribution in [-0.4, -0.2) is 6.54 Å². The van der Waals surface area contributed by atoms with Gasteiger partial charge in [-0.25, -0.2) is 8.78 Å². The normalized spacial score (nSPS) is 12.6. The Labute approximate surface area is 95.2 Å². The third-order valence-electron chi connectivity index (χ3n) is 2.49. The average Bonchev–Trinajstić information content (AvgIpc) is 2.20. The minimum absolute atomic E-state index is 0.260. The van der Waals surface area contributed by atoms with E-state index in [0.717, 1.165) is 11.6 Å². The van der Waals surface area contributed by atoms with E-state index in [9.17, 15) is 8.78 Å². The summed E-state index contributed by atoms with van der Waals surface area (Å²) in [4.78, 5) is 0. The summed E-state index contributed by atoms with van der Waals surface area (Å²) in [5.41, 5.74) is 1.71. The Kier molecular flexibility index (Phi) is 4.19. The quantitative estimate of drug-likeness (QED) is 0.773. The minimum Gasteiger partial charge on any atom is -0.307 e. The number of rotatable bonds is 4. The SMILES string of the molecule is C=C(C)C(NCC)c1cc(C)c(F)cc1F. The van der Waals surface area contributed by atoms with Gasteiger partial charge in [0.25, 0.3) is 0 Å². The number of likely N-dealkylation sites (N-methyl/N-ethyl adjacent to an activating group) is 1. The molecule has 3 heteroatoms. The summed E-state index contributed by atoms with van der Waals surface area (Å²) in [5.74, 6) is -1.05. The van der Waals surface area contributed by atoms with E-state index in [-0.39, 0.29) is 6.04 Å². The van der Waals surface area contributed by atoms with Crippen molar-refractivity contribution in [3.63, 3.8) is 0 Å². The van der Waals surface area contributed by atoms with Crippen LogP contribution in [0, 0.1) is 18.6 Å². The maximum absolute atomic E-state index is 13.6. The fraction of sp³-hybridized carbons (Fsp3) is 0.385. The molecule has 0 radical (unpaired) electrons. The lowest BCUT2D eigenvalue weighted by Gasteiger charge is -2.19. The molecule has 0 amide bonds. The first-order chi connectivity index (χ1) is 7.47. The lowest BCUT2D eigenvalue weighted by Crippen LogP contribution is -2.22. The Morgan fingerprint density at radius 2 is 2.00 bits per heavy atom. The van der Waals surface area contributed by atoms with Crippen molar-refractivity contribution >= 4 is 0 Å². The predicted molar refractivity (Wildman–Crippen MR) is 62.3 cm³/mol. The topological polar surface area (TPSA) is 12.0 Å². The van der Waals surface area contributed by atoms with Crippen molar-refractivity contribution in [1.29, 1.82) is 0 Å². The number of benzene rings is 1. The number of hydrogen-bond donors (Lipinski definition) is 1. The third kappa shape index (κ3) is 2.67. The third-order valence-corrected chi connectivity index (χ3v) is 2.49. The molecule has 0 aliphatic heterocycles. The first kappa shape index (κ1) is 12.8. The van der Waals surface area contributed by atoms with Crippen LogP contribution in [0.1, 0.15) is 31.0 Å². The van der Waals surface area contributed by atoms with E-state index in [4.69, 9.17) is 0 Å². The van der Waals surface area contributed by atoms with Gasteiger partial charge in [-0.2, -0.15) is 0 Å². The van der Waals surface area contributed by atoms with Gasteiger partial charge in [0.15, 0.2) is 0 Å². The molecule has 1 aromatic carbocycles. The minimum atomic E-state index is -0.531. The van der Waals surface area contributed by atoms with Crippen LogP contribution in [0.15, 0.2) is 24.3 Å². The van der Waals surface area contributed by atoms with Gasteiger partial charge in [0.05, 0.1) is 6.04 Å². The number of aryl methyl sites for hydroxylation is 1. The number of hydrogen-bond acceptors (Lipinski definition) is 1. The Balaban J connectivity index is 3.18. The van der Waals surface area contributed by atoms with Crippen LogP contribution in [-0.2, 0) is 0 Å². The van der Waals surface area contributed by atoms with Crippen LogP contribution < -0.4 is 5.32 Å². The van der Waals surface area contributed by atoms with Crippen molar-refractivity contribution in [3.05, 3.63) is 47.0 Å². The Hall–Kier alpha value is -1.22. The maximum atomic E-state index is 13.6. The van der Waals surface area contributed by atoms with Crippen molar-refractivity contribution in [2.24, 2.45) is 0 Å². The summed E-state index contributed by atoms with van der Waals surface area (Å²) >= 11 is 0. The molecule has 1 rings (SSSR count). The summed E-state index contributed by atoms with van der Waals surface area (Å²) < 4.78 is 26.8. The largest absolute Gasteiger partial charge is 0.307 e. The lowest BCUT2D eigenvalue weighted by atomic mass is 9.98. The van der Waals surface area contributed by atoms with Crippen molar-refractivity contribution < 1.29 is 8.78 Å². The standard InChI is InChI=1S/C13H17F2N/c1-5-16-13(8(2)3)10-6-9(4)11(14)7-12(10)15/h6-7,13,16H,2,5H2,1,3-4H3. The summed E-state index contributed by atoms with van der Waals surface area (Å²) in [6.45, 7) is 9.91. The molecule has 88 valence electrons. The predicted octanol–water partition coefficient (Wildman–Crippen LogP) is 3.50. The first-order valence-electron chi connectivity index (χ1n) is 5.31. The zero-order chi connectivity index (χ0) is 12.3. The van der Waals surface area contributed by atoms with Crippen molar-refractivity contribution in [3.8, 4) is 0 Å². The Bertz CT molecular complexity index is 399. The van der Waals surface area contributed by atoms with Gasteiger partial charge in [0, 0.05) is 11.6 Å². The molecule has 16 heavy (non-hydrogen) atoms. The summed E-state index contributed by atoms with van der Waals surface area (Å²) in [5, 5.41) is 3.12. The molecule has 0 saturated heterocycles. The molecule has 0 aliphatic rings. The average molecular weight is 225 g/mol. The smallest absolute Gasteiger partial charge is 0.131 e. The summed E-state index contributed by atoms with van der Waals surface area (Å²) in [6.07, 6.45) is 0. The van der Waals surface area contributed by atoms with Gasteiger partial charge in [-0.15, -0.1) is 0 Å². The maximum Gasteiger partial charge on any atom is 0.131 e. The second kappa shape index (κ2) is 5.21. The highest BCUT2D eigenvalue weighted by atomic mass is 19.1. The zero-order valence-corrected chi connectivity index (χ0v) is 9.90. The molecule has 0 fully saturated rings. The summed E-state index contributed by atoms with van der Waals surface area (Å²) in [7, 11) is 0. The molecule has 1 aromatic rings. The molecule has 1 atom stereocenters. The summed E-state index contributed by atoms with van der Waals surface area (Å²) in [6, 6.07) is 2.20. The van der Waals surface area contributed by atoms with E-state index in [1.54, 1.807) is 6.92 Å². The Morgan fingerprint density at radius 1 is 1.38 bits per heavy atom. The zero-order valence-electron chi connectivity index (χ0n) is 9.90. The molecule has 1 unspecified atom stereocenters. The molecule has 0 saturated carbocycles. The van der Waals surface area contributed by atoms with E-state index < -0.39 is 11.6 Å². The second-order valence-electron chi connectivity index (χ2n) is 3.96. The monoisotopic (exact) mass is 225 g/mol. The van der Waals surface area contributed by atoms with E-state index in [2.05, 4.69) is 11.9 Å². The highest BCUT2D eigenvalue weighted by molar-refractivity contribution is 5.32. The fourth-order valence-corrected chi connectivity index (χ4v) is 1.65. The van der Waals surface area contributed by atoms with Crippen LogP contribution >= 0.6 is 0 Å². The molecule has 0 aromatic heterocycles. The number of nitrogens with one attached hydrogen (secondary N) is 1. The molecule has 0 bridgehead atoms. The van der Waals surface area contributed by atoms with Gasteiger partial charge >= 0.3 is 0 Å². The van der Waals surface area contributed by atoms with E-state index in [0.29, 0.717) is 17.7 Å². The van der Waals surface area contributed by atoms with Crippen LogP contribution in [0.5, 0.6) is 0 Å². The first-order valence-corrected chi connectivity index (χ1v) is 5.31. The molecule has 0 aliphatic carbocycles. The van der Waals surface area contributed by atoms with Gasteiger partial charge in [0.1, 0.15) is 11.6 Å². The van der Waals surface area contributed by atoms with Crippen LogP contribution in [0.3, 0.4) is 0 Å². The number of halogens is 2. The highest BCUT2D eigenvalue weighted by Gasteiger charge is 2.17. The van der Waals surface area contributed by atoms with E-state index >= 15 is 0 Å². The van der Waals surface area contributed by atoms with Crippen LogP contribution in [0.2, 0.25) is 0 Å². The van der Waals surface area contributed by atoms with Gasteiger partial charge < -0.3 is 5.32 Å². The van der Waals surface area contributed by atoms with Crippen molar-refractivity contribution in [1.82, 2.24) is 5.32 Å². The van der Waals surface area contributed by atoms with Crippen LogP contribution in [0.25, 0.3) is 0 Å². The molecular formula is C13H17F2N. The van der Waals surface area contributed by atoms with E-state index in [1.807, 2.05) is 13.8 Å².